The first kappa shape index (κ1) is 16.1. The van der Waals surface area contributed by atoms with Crippen molar-refractivity contribution in [1.82, 2.24) is 10.2 Å². The maximum Gasteiger partial charge on any atom is 0.317 e. The number of nitrogens with zero attached hydrogens (tertiary/aromatic N) is 1. The topological polar surface area (TPSA) is 78.9 Å². The van der Waals surface area contributed by atoms with Crippen molar-refractivity contribution in [3.63, 3.8) is 0 Å². The van der Waals surface area contributed by atoms with E-state index in [9.17, 15) is 9.59 Å². The molecule has 6 heteroatoms. The van der Waals surface area contributed by atoms with Crippen molar-refractivity contribution in [3.05, 3.63) is 0 Å². The van der Waals surface area contributed by atoms with E-state index in [1.165, 1.54) is 25.7 Å². The lowest BCUT2D eigenvalue weighted by Gasteiger charge is -2.33. The molecule has 2 rings (SSSR count). The van der Waals surface area contributed by atoms with E-state index in [2.05, 4.69) is 12.2 Å². The highest BCUT2D eigenvalue weighted by atomic mass is 16.5. The number of amides is 2. The summed E-state index contributed by atoms with van der Waals surface area (Å²) >= 11 is 0. The number of carboxylic acid groups (broad SMARTS) is 1. The molecule has 2 fully saturated rings. The van der Waals surface area contributed by atoms with Gasteiger partial charge >= 0.3 is 12.0 Å². The van der Waals surface area contributed by atoms with Gasteiger partial charge in [-0.25, -0.2) is 4.79 Å². The Morgan fingerprint density at radius 1 is 1.38 bits per heavy atom. The van der Waals surface area contributed by atoms with Gasteiger partial charge in [0.1, 0.15) is 0 Å². The second-order valence-corrected chi connectivity index (χ2v) is 6.36. The largest absolute Gasteiger partial charge is 0.481 e. The summed E-state index contributed by atoms with van der Waals surface area (Å²) in [6, 6.07) is -0.0908. The Labute approximate surface area is 125 Å². The SMILES string of the molecule is CC1CCCC(CNC(=O)N2CCOC(CC(=O)O)C2)C1. The molecule has 0 bridgehead atoms. The zero-order chi connectivity index (χ0) is 15.2. The number of hydrogen-bond acceptors (Lipinski definition) is 3. The monoisotopic (exact) mass is 298 g/mol. The molecule has 0 radical (unpaired) electrons. The van der Waals surface area contributed by atoms with E-state index in [1.807, 2.05) is 0 Å². The molecule has 1 saturated heterocycles. The van der Waals surface area contributed by atoms with Crippen molar-refractivity contribution in [1.29, 1.82) is 0 Å². The van der Waals surface area contributed by atoms with E-state index < -0.39 is 12.1 Å². The third-order valence-corrected chi connectivity index (χ3v) is 4.42. The van der Waals surface area contributed by atoms with Crippen LogP contribution in [-0.4, -0.2) is 54.4 Å². The molecule has 3 atom stereocenters. The summed E-state index contributed by atoms with van der Waals surface area (Å²) in [6.45, 7) is 4.30. The third-order valence-electron chi connectivity index (χ3n) is 4.42. The molecule has 1 heterocycles. The molecule has 0 spiro atoms. The first-order chi connectivity index (χ1) is 10.0. The standard InChI is InChI=1S/C15H26N2O4/c1-11-3-2-4-12(7-11)9-16-15(20)17-5-6-21-13(10-17)8-14(18)19/h11-13H,2-10H2,1H3,(H,16,20)(H,18,19). The summed E-state index contributed by atoms with van der Waals surface area (Å²) in [6.07, 6.45) is 4.48. The normalized spacial score (nSPS) is 30.0. The van der Waals surface area contributed by atoms with E-state index in [0.29, 0.717) is 25.6 Å². The van der Waals surface area contributed by atoms with Crippen molar-refractivity contribution in [2.45, 2.75) is 45.1 Å². The van der Waals surface area contributed by atoms with Crippen molar-refractivity contribution in [3.8, 4) is 0 Å². The van der Waals surface area contributed by atoms with Crippen molar-refractivity contribution < 1.29 is 19.4 Å². The van der Waals surface area contributed by atoms with Crippen LogP contribution in [0.5, 0.6) is 0 Å². The molecular formula is C15H26N2O4. The number of hydrogen-bond donors (Lipinski definition) is 2. The van der Waals surface area contributed by atoms with Crippen LogP contribution in [0.15, 0.2) is 0 Å². The molecule has 1 aliphatic heterocycles. The van der Waals surface area contributed by atoms with Crippen LogP contribution in [0.4, 0.5) is 4.79 Å². The molecular weight excluding hydrogens is 272 g/mol. The molecule has 2 N–H and O–H groups in total. The van der Waals surface area contributed by atoms with Crippen LogP contribution in [0.1, 0.15) is 39.0 Å². The molecule has 1 saturated carbocycles. The Morgan fingerprint density at radius 2 is 2.19 bits per heavy atom. The second-order valence-electron chi connectivity index (χ2n) is 6.36. The van der Waals surface area contributed by atoms with Gasteiger partial charge in [0.25, 0.3) is 0 Å². The number of aliphatic carboxylic acids is 1. The number of morpholine rings is 1. The molecule has 120 valence electrons. The van der Waals surface area contributed by atoms with E-state index in [4.69, 9.17) is 9.84 Å². The van der Waals surface area contributed by atoms with Crippen molar-refractivity contribution in [2.24, 2.45) is 11.8 Å². The molecule has 6 nitrogen and oxygen atoms in total. The Hall–Kier alpha value is -1.30. The first-order valence-electron chi connectivity index (χ1n) is 7.90. The fourth-order valence-corrected chi connectivity index (χ4v) is 3.31. The molecule has 3 unspecified atom stereocenters. The van der Waals surface area contributed by atoms with Gasteiger partial charge in [0, 0.05) is 19.6 Å². The van der Waals surface area contributed by atoms with Gasteiger partial charge in [-0.05, 0) is 24.7 Å². The summed E-state index contributed by atoms with van der Waals surface area (Å²) in [4.78, 5) is 24.5. The summed E-state index contributed by atoms with van der Waals surface area (Å²) in [5, 5.41) is 11.8. The Morgan fingerprint density at radius 3 is 2.90 bits per heavy atom. The minimum atomic E-state index is -0.890. The lowest BCUT2D eigenvalue weighted by Crippen LogP contribution is -2.50. The second kappa shape index (κ2) is 7.64. The zero-order valence-electron chi connectivity index (χ0n) is 12.7. The highest BCUT2D eigenvalue weighted by Crippen LogP contribution is 2.27. The number of urea groups is 1. The smallest absolute Gasteiger partial charge is 0.317 e. The summed E-state index contributed by atoms with van der Waals surface area (Å²) in [7, 11) is 0. The molecule has 0 aromatic heterocycles. The maximum atomic E-state index is 12.2. The predicted molar refractivity (Wildman–Crippen MR) is 78.1 cm³/mol. The van der Waals surface area contributed by atoms with Gasteiger partial charge in [0.05, 0.1) is 19.1 Å². The molecule has 2 aliphatic rings. The highest BCUT2D eigenvalue weighted by Gasteiger charge is 2.26. The Kier molecular flexibility index (Phi) is 5.85. The summed E-state index contributed by atoms with van der Waals surface area (Å²) in [5.74, 6) is 0.441. The highest BCUT2D eigenvalue weighted by molar-refractivity contribution is 5.74. The summed E-state index contributed by atoms with van der Waals surface area (Å²) < 4.78 is 5.38. The minimum Gasteiger partial charge on any atom is -0.481 e. The fourth-order valence-electron chi connectivity index (χ4n) is 3.31. The molecule has 21 heavy (non-hydrogen) atoms. The van der Waals surface area contributed by atoms with Crippen LogP contribution >= 0.6 is 0 Å². The third kappa shape index (κ3) is 5.19. The Bertz CT molecular complexity index is 375. The van der Waals surface area contributed by atoms with Gasteiger partial charge < -0.3 is 20.1 Å². The number of ether oxygens (including phenoxy) is 1. The number of rotatable bonds is 4. The van der Waals surface area contributed by atoms with E-state index in [1.54, 1.807) is 4.90 Å². The maximum absolute atomic E-state index is 12.2. The van der Waals surface area contributed by atoms with Crippen LogP contribution in [0.3, 0.4) is 0 Å². The van der Waals surface area contributed by atoms with Crippen molar-refractivity contribution in [2.75, 3.05) is 26.2 Å². The van der Waals surface area contributed by atoms with Crippen LogP contribution < -0.4 is 5.32 Å². The summed E-state index contributed by atoms with van der Waals surface area (Å²) in [5.41, 5.74) is 0. The quantitative estimate of drug-likeness (QED) is 0.828. The van der Waals surface area contributed by atoms with E-state index in [-0.39, 0.29) is 12.5 Å². The predicted octanol–water partition coefficient (Wildman–Crippen LogP) is 1.70. The molecule has 2 amide bonds. The zero-order valence-corrected chi connectivity index (χ0v) is 12.7. The van der Waals surface area contributed by atoms with E-state index in [0.717, 1.165) is 12.5 Å². The minimum absolute atomic E-state index is 0.0517. The van der Waals surface area contributed by atoms with Gasteiger partial charge in [0.2, 0.25) is 0 Å². The lowest BCUT2D eigenvalue weighted by atomic mass is 9.82. The number of carbonyl (C=O) groups excluding carboxylic acids is 1. The lowest BCUT2D eigenvalue weighted by molar-refractivity contribution is -0.141. The molecule has 1 aliphatic carbocycles. The first-order valence-corrected chi connectivity index (χ1v) is 7.90. The van der Waals surface area contributed by atoms with Gasteiger partial charge in [-0.3, -0.25) is 4.79 Å². The number of carbonyl (C=O) groups is 2. The van der Waals surface area contributed by atoms with Crippen LogP contribution in [0, 0.1) is 11.8 Å². The van der Waals surface area contributed by atoms with Gasteiger partial charge in [0.15, 0.2) is 0 Å². The molecule has 0 aromatic rings. The van der Waals surface area contributed by atoms with Crippen LogP contribution in [-0.2, 0) is 9.53 Å². The Balaban J connectivity index is 1.73. The van der Waals surface area contributed by atoms with Crippen LogP contribution in [0.25, 0.3) is 0 Å². The average Bonchev–Trinajstić information content (AvgIpc) is 2.44. The number of nitrogens with one attached hydrogen (secondary N) is 1. The van der Waals surface area contributed by atoms with Gasteiger partial charge in [-0.1, -0.05) is 19.8 Å². The van der Waals surface area contributed by atoms with E-state index >= 15 is 0 Å². The van der Waals surface area contributed by atoms with Crippen molar-refractivity contribution >= 4 is 12.0 Å². The number of carboxylic acids is 1. The molecule has 0 aromatic carbocycles. The fraction of sp³-hybridized carbons (Fsp3) is 0.867. The van der Waals surface area contributed by atoms with Gasteiger partial charge in [-0.2, -0.15) is 0 Å². The van der Waals surface area contributed by atoms with Crippen LogP contribution in [0.2, 0.25) is 0 Å². The van der Waals surface area contributed by atoms with Gasteiger partial charge in [-0.15, -0.1) is 0 Å². The average molecular weight is 298 g/mol.